The number of benzene rings is 2. The third-order valence-corrected chi connectivity index (χ3v) is 6.75. The fraction of sp³-hybridized carbons (Fsp3) is 0.286. The molecule has 4 aromatic rings. The molecule has 1 aliphatic rings. The number of hydrogen-bond acceptors (Lipinski definition) is 6. The zero-order valence-electron chi connectivity index (χ0n) is 20.1. The van der Waals surface area contributed by atoms with E-state index in [0.717, 1.165) is 48.4 Å². The zero-order chi connectivity index (χ0) is 24.9. The van der Waals surface area contributed by atoms with Gasteiger partial charge < -0.3 is 9.64 Å². The van der Waals surface area contributed by atoms with Crippen molar-refractivity contribution in [1.29, 1.82) is 0 Å². The van der Waals surface area contributed by atoms with Gasteiger partial charge in [-0.25, -0.2) is 19.0 Å². The van der Waals surface area contributed by atoms with Crippen molar-refractivity contribution in [3.63, 3.8) is 0 Å². The fourth-order valence-corrected chi connectivity index (χ4v) is 4.82. The quantitative estimate of drug-likeness (QED) is 0.356. The molecule has 1 atom stereocenters. The van der Waals surface area contributed by atoms with E-state index in [0.29, 0.717) is 12.5 Å². The molecule has 2 aromatic carbocycles. The topological polar surface area (TPSA) is 73.1 Å². The molecule has 1 saturated heterocycles. The van der Waals surface area contributed by atoms with Gasteiger partial charge in [0.05, 0.1) is 24.4 Å². The van der Waals surface area contributed by atoms with Crippen molar-refractivity contribution in [2.24, 2.45) is 0 Å². The maximum absolute atomic E-state index is 13.5. The number of carbonyl (C=O) groups excluding carboxylic acids is 1. The van der Waals surface area contributed by atoms with E-state index in [9.17, 15) is 9.18 Å². The van der Waals surface area contributed by atoms with Gasteiger partial charge in [0.25, 0.3) is 5.95 Å². The first kappa shape index (κ1) is 23.8. The number of likely N-dealkylation sites (tertiary alicyclic amines) is 1. The third kappa shape index (κ3) is 5.18. The molecule has 1 aliphatic heterocycles. The fourth-order valence-electron chi connectivity index (χ4n) is 4.82. The van der Waals surface area contributed by atoms with Crippen LogP contribution in [-0.4, -0.2) is 57.4 Å². The Bertz CT molecular complexity index is 1290. The Kier molecular flexibility index (Phi) is 7.13. The van der Waals surface area contributed by atoms with Crippen LogP contribution in [0.25, 0.3) is 17.2 Å². The number of methoxy groups -OCH3 is 1. The first-order chi connectivity index (χ1) is 17.6. The highest BCUT2D eigenvalue weighted by Crippen LogP contribution is 2.33. The number of piperidine rings is 1. The summed E-state index contributed by atoms with van der Waals surface area (Å²) in [6.07, 6.45) is 5.21. The van der Waals surface area contributed by atoms with Crippen LogP contribution in [0.4, 0.5) is 4.39 Å². The van der Waals surface area contributed by atoms with Gasteiger partial charge in [0.2, 0.25) is 0 Å². The monoisotopic (exact) mass is 485 g/mol. The van der Waals surface area contributed by atoms with Crippen LogP contribution in [0.3, 0.4) is 0 Å². The maximum atomic E-state index is 13.5. The highest BCUT2D eigenvalue weighted by Gasteiger charge is 2.29. The van der Waals surface area contributed by atoms with E-state index in [1.54, 1.807) is 35.3 Å². The van der Waals surface area contributed by atoms with Crippen LogP contribution < -0.4 is 0 Å². The van der Waals surface area contributed by atoms with E-state index in [1.165, 1.54) is 19.2 Å². The van der Waals surface area contributed by atoms with Crippen molar-refractivity contribution in [3.05, 3.63) is 96.2 Å². The van der Waals surface area contributed by atoms with Gasteiger partial charge in [-0.1, -0.05) is 30.3 Å². The first-order valence-electron chi connectivity index (χ1n) is 12.1. The molecule has 0 bridgehead atoms. The van der Waals surface area contributed by atoms with Crippen molar-refractivity contribution >= 4 is 5.97 Å². The summed E-state index contributed by atoms with van der Waals surface area (Å²) in [5, 5.41) is 4.79. The lowest BCUT2D eigenvalue weighted by atomic mass is 9.91. The SMILES string of the molecule is COC(=O)C(CN1CCC(c2cc(-c3ccc(F)cc3)nn2-c2ncccn2)CC1)c1ccccc1. The lowest BCUT2D eigenvalue weighted by molar-refractivity contribution is -0.143. The molecule has 3 heterocycles. The number of nitrogens with zero attached hydrogens (tertiary/aromatic N) is 5. The molecule has 0 saturated carbocycles. The van der Waals surface area contributed by atoms with Gasteiger partial charge in [-0.15, -0.1) is 0 Å². The average molecular weight is 486 g/mol. The maximum Gasteiger partial charge on any atom is 0.314 e. The summed E-state index contributed by atoms with van der Waals surface area (Å²) >= 11 is 0. The highest BCUT2D eigenvalue weighted by atomic mass is 19.1. The summed E-state index contributed by atoms with van der Waals surface area (Å²) in [4.78, 5) is 23.7. The normalized spacial score (nSPS) is 15.5. The molecule has 36 heavy (non-hydrogen) atoms. The van der Waals surface area contributed by atoms with Crippen molar-refractivity contribution in [2.75, 3.05) is 26.7 Å². The van der Waals surface area contributed by atoms with Gasteiger partial charge >= 0.3 is 5.97 Å². The summed E-state index contributed by atoms with van der Waals surface area (Å²) in [6, 6.07) is 20.0. The Morgan fingerprint density at radius 3 is 2.39 bits per heavy atom. The smallest absolute Gasteiger partial charge is 0.314 e. The molecule has 0 N–H and O–H groups in total. The predicted octanol–water partition coefficient (Wildman–Crippen LogP) is 4.60. The van der Waals surface area contributed by atoms with Crippen LogP contribution in [0.2, 0.25) is 0 Å². The Morgan fingerprint density at radius 2 is 1.72 bits per heavy atom. The molecule has 1 fully saturated rings. The molecular weight excluding hydrogens is 457 g/mol. The minimum absolute atomic E-state index is 0.216. The Labute approximate surface area is 209 Å². The van der Waals surface area contributed by atoms with Crippen molar-refractivity contribution in [2.45, 2.75) is 24.7 Å². The molecule has 0 aliphatic carbocycles. The molecule has 8 heteroatoms. The van der Waals surface area contributed by atoms with Crippen LogP contribution in [0.15, 0.2) is 79.1 Å². The second kappa shape index (κ2) is 10.8. The van der Waals surface area contributed by atoms with E-state index in [1.807, 2.05) is 30.3 Å². The number of hydrogen-bond donors (Lipinski definition) is 0. The van der Waals surface area contributed by atoms with Crippen molar-refractivity contribution < 1.29 is 13.9 Å². The lowest BCUT2D eigenvalue weighted by Gasteiger charge is -2.33. The highest BCUT2D eigenvalue weighted by molar-refractivity contribution is 5.78. The van der Waals surface area contributed by atoms with Gasteiger partial charge in [0, 0.05) is 30.4 Å². The summed E-state index contributed by atoms with van der Waals surface area (Å²) in [5.74, 6) is -0.0521. The molecule has 7 nitrogen and oxygen atoms in total. The molecule has 0 radical (unpaired) electrons. The van der Waals surface area contributed by atoms with Crippen LogP contribution in [0.5, 0.6) is 0 Å². The second-order valence-electron chi connectivity index (χ2n) is 8.98. The second-order valence-corrected chi connectivity index (χ2v) is 8.98. The van der Waals surface area contributed by atoms with Gasteiger partial charge in [-0.2, -0.15) is 5.10 Å². The lowest BCUT2D eigenvalue weighted by Crippen LogP contribution is -2.38. The van der Waals surface area contributed by atoms with Gasteiger partial charge in [0.15, 0.2) is 0 Å². The minimum Gasteiger partial charge on any atom is -0.469 e. The number of halogens is 1. The summed E-state index contributed by atoms with van der Waals surface area (Å²) in [5.41, 5.74) is 3.60. The zero-order valence-corrected chi connectivity index (χ0v) is 20.1. The summed E-state index contributed by atoms with van der Waals surface area (Å²) in [6.45, 7) is 2.31. The largest absolute Gasteiger partial charge is 0.469 e. The number of aromatic nitrogens is 4. The Balaban J connectivity index is 1.36. The molecule has 1 unspecified atom stereocenters. The van der Waals surface area contributed by atoms with Crippen LogP contribution >= 0.6 is 0 Å². The number of carbonyl (C=O) groups is 1. The van der Waals surface area contributed by atoms with Gasteiger partial charge in [0.1, 0.15) is 5.82 Å². The number of esters is 1. The van der Waals surface area contributed by atoms with E-state index in [2.05, 4.69) is 20.9 Å². The summed E-state index contributed by atoms with van der Waals surface area (Å²) < 4.78 is 20.4. The Morgan fingerprint density at radius 1 is 1.03 bits per heavy atom. The van der Waals surface area contributed by atoms with Crippen LogP contribution in [0, 0.1) is 5.82 Å². The van der Waals surface area contributed by atoms with Crippen LogP contribution in [0.1, 0.15) is 35.9 Å². The van der Waals surface area contributed by atoms with E-state index < -0.39 is 0 Å². The predicted molar refractivity (Wildman–Crippen MR) is 134 cm³/mol. The standard InChI is InChI=1S/C28H28FN5O2/c1-36-27(35)24(20-6-3-2-4-7-20)19-33-16-12-22(13-17-33)26-18-25(21-8-10-23(29)11-9-21)32-34(26)28-30-14-5-15-31-28/h2-11,14-15,18,22,24H,12-13,16-17,19H2,1H3. The summed E-state index contributed by atoms with van der Waals surface area (Å²) in [7, 11) is 1.44. The van der Waals surface area contributed by atoms with E-state index in [4.69, 9.17) is 9.84 Å². The van der Waals surface area contributed by atoms with Gasteiger partial charge in [-0.3, -0.25) is 4.79 Å². The average Bonchev–Trinajstić information content (AvgIpc) is 3.38. The molecule has 0 spiro atoms. The molecule has 0 amide bonds. The number of rotatable bonds is 7. The molecular formula is C28H28FN5O2. The minimum atomic E-state index is -0.318. The van der Waals surface area contributed by atoms with Gasteiger partial charge in [-0.05, 0) is 67.9 Å². The molecule has 2 aromatic heterocycles. The molecule has 5 rings (SSSR count). The van der Waals surface area contributed by atoms with Crippen molar-refractivity contribution in [3.8, 4) is 17.2 Å². The van der Waals surface area contributed by atoms with E-state index >= 15 is 0 Å². The third-order valence-electron chi connectivity index (χ3n) is 6.75. The van der Waals surface area contributed by atoms with Crippen LogP contribution in [-0.2, 0) is 9.53 Å². The van der Waals surface area contributed by atoms with Crippen molar-refractivity contribution in [1.82, 2.24) is 24.6 Å². The molecule has 184 valence electrons. The van der Waals surface area contributed by atoms with E-state index in [-0.39, 0.29) is 23.6 Å². The number of ether oxygens (including phenoxy) is 1. The Hall–Kier alpha value is -3.91. The first-order valence-corrected chi connectivity index (χ1v) is 12.1.